The first-order valence-electron chi connectivity index (χ1n) is 6.56. The lowest BCUT2D eigenvalue weighted by Crippen LogP contribution is -2.17. The minimum atomic E-state index is 0.950. The van der Waals surface area contributed by atoms with E-state index in [9.17, 15) is 0 Å². The molecule has 0 spiro atoms. The van der Waals surface area contributed by atoms with E-state index in [4.69, 9.17) is 0 Å². The highest BCUT2D eigenvalue weighted by Gasteiger charge is 1.98. The fourth-order valence-corrected chi connectivity index (χ4v) is 2.12. The van der Waals surface area contributed by atoms with Crippen molar-refractivity contribution in [2.24, 2.45) is 0 Å². The Bertz CT molecular complexity index is 488. The molecule has 0 aromatic heterocycles. The van der Waals surface area contributed by atoms with Crippen LogP contribution in [0.25, 0.3) is 0 Å². The molecule has 0 radical (unpaired) electrons. The van der Waals surface area contributed by atoms with E-state index in [-0.39, 0.29) is 0 Å². The zero-order valence-corrected chi connectivity index (χ0v) is 11.2. The van der Waals surface area contributed by atoms with Crippen LogP contribution in [0.3, 0.4) is 0 Å². The van der Waals surface area contributed by atoms with Gasteiger partial charge in [-0.3, -0.25) is 0 Å². The molecule has 0 amide bonds. The molecule has 0 saturated heterocycles. The second-order valence-electron chi connectivity index (χ2n) is 4.84. The summed E-state index contributed by atoms with van der Waals surface area (Å²) in [5.41, 5.74) is 5.54. The van der Waals surface area contributed by atoms with Gasteiger partial charge in [0.25, 0.3) is 0 Å². The summed E-state index contributed by atoms with van der Waals surface area (Å²) in [6.45, 7) is 6.32. The van der Waals surface area contributed by atoms with Crippen molar-refractivity contribution >= 4 is 0 Å². The van der Waals surface area contributed by atoms with E-state index in [0.717, 1.165) is 19.5 Å². The van der Waals surface area contributed by atoms with Crippen LogP contribution in [0.5, 0.6) is 0 Å². The van der Waals surface area contributed by atoms with Crippen LogP contribution in [0.2, 0.25) is 0 Å². The zero-order valence-electron chi connectivity index (χ0n) is 11.2. The fraction of sp³-hybridized carbons (Fsp3) is 0.294. The highest BCUT2D eigenvalue weighted by atomic mass is 14.8. The molecule has 2 aromatic carbocycles. The summed E-state index contributed by atoms with van der Waals surface area (Å²) in [6.07, 6.45) is 1.10. The summed E-state index contributed by atoms with van der Waals surface area (Å²) in [7, 11) is 0. The Morgan fingerprint density at radius 1 is 0.944 bits per heavy atom. The highest BCUT2D eigenvalue weighted by Crippen LogP contribution is 2.10. The molecule has 0 fully saturated rings. The van der Waals surface area contributed by atoms with Gasteiger partial charge in [-0.05, 0) is 43.5 Å². The topological polar surface area (TPSA) is 12.0 Å². The molecule has 2 rings (SSSR count). The number of nitrogens with one attached hydrogen (secondary N) is 1. The van der Waals surface area contributed by atoms with Gasteiger partial charge < -0.3 is 5.32 Å². The summed E-state index contributed by atoms with van der Waals surface area (Å²) in [4.78, 5) is 0. The molecule has 0 aliphatic carbocycles. The molecule has 0 aliphatic heterocycles. The highest BCUT2D eigenvalue weighted by molar-refractivity contribution is 5.30. The number of rotatable bonds is 5. The van der Waals surface area contributed by atoms with Crippen molar-refractivity contribution in [3.63, 3.8) is 0 Å². The number of benzene rings is 2. The monoisotopic (exact) mass is 239 g/mol. The maximum Gasteiger partial charge on any atom is 0.0205 e. The maximum absolute atomic E-state index is 3.50. The van der Waals surface area contributed by atoms with E-state index in [0.29, 0.717) is 0 Å². The molecule has 18 heavy (non-hydrogen) atoms. The number of hydrogen-bond donors (Lipinski definition) is 1. The van der Waals surface area contributed by atoms with E-state index in [1.807, 2.05) is 0 Å². The van der Waals surface area contributed by atoms with Crippen LogP contribution in [0.15, 0.2) is 48.5 Å². The maximum atomic E-state index is 3.50. The molecule has 94 valence electrons. The first-order valence-corrected chi connectivity index (χ1v) is 6.56. The minimum Gasteiger partial charge on any atom is -0.312 e. The van der Waals surface area contributed by atoms with Crippen molar-refractivity contribution in [3.8, 4) is 0 Å². The van der Waals surface area contributed by atoms with Gasteiger partial charge in [0.2, 0.25) is 0 Å². The molecule has 0 atom stereocenters. The van der Waals surface area contributed by atoms with Gasteiger partial charge in [-0.25, -0.2) is 0 Å². The largest absolute Gasteiger partial charge is 0.312 e. The van der Waals surface area contributed by atoms with Crippen molar-refractivity contribution < 1.29 is 0 Å². The Morgan fingerprint density at radius 2 is 1.72 bits per heavy atom. The van der Waals surface area contributed by atoms with Crippen LogP contribution >= 0.6 is 0 Å². The molecule has 1 N–H and O–H groups in total. The Balaban J connectivity index is 1.80. The molecule has 0 aliphatic rings. The molecule has 0 unspecified atom stereocenters. The number of hydrogen-bond acceptors (Lipinski definition) is 1. The zero-order chi connectivity index (χ0) is 12.8. The van der Waals surface area contributed by atoms with Gasteiger partial charge in [-0.2, -0.15) is 0 Å². The van der Waals surface area contributed by atoms with Crippen molar-refractivity contribution in [1.82, 2.24) is 5.32 Å². The third-order valence-electron chi connectivity index (χ3n) is 3.25. The molecule has 1 heteroatoms. The lowest BCUT2D eigenvalue weighted by atomic mass is 10.0. The van der Waals surface area contributed by atoms with E-state index in [1.165, 1.54) is 22.3 Å². The smallest absolute Gasteiger partial charge is 0.0205 e. The van der Waals surface area contributed by atoms with Crippen LogP contribution in [0.1, 0.15) is 22.3 Å². The van der Waals surface area contributed by atoms with E-state index >= 15 is 0 Å². The standard InChI is InChI=1S/C17H21N/c1-14-8-9-15(2)17(12-14)10-11-18-13-16-6-4-3-5-7-16/h3-9,12,18H,10-11,13H2,1-2H3. The van der Waals surface area contributed by atoms with Crippen LogP contribution < -0.4 is 5.32 Å². The first kappa shape index (κ1) is 12.8. The molecular weight excluding hydrogens is 218 g/mol. The van der Waals surface area contributed by atoms with Crippen LogP contribution in [-0.4, -0.2) is 6.54 Å². The lowest BCUT2D eigenvalue weighted by molar-refractivity contribution is 0.685. The molecule has 0 bridgehead atoms. The third-order valence-corrected chi connectivity index (χ3v) is 3.25. The van der Waals surface area contributed by atoms with Crippen molar-refractivity contribution in [1.29, 1.82) is 0 Å². The summed E-state index contributed by atoms with van der Waals surface area (Å²) >= 11 is 0. The van der Waals surface area contributed by atoms with Gasteiger partial charge in [0, 0.05) is 6.54 Å². The summed E-state index contributed by atoms with van der Waals surface area (Å²) in [5.74, 6) is 0. The van der Waals surface area contributed by atoms with E-state index < -0.39 is 0 Å². The van der Waals surface area contributed by atoms with Crippen LogP contribution in [0, 0.1) is 13.8 Å². The summed E-state index contributed by atoms with van der Waals surface area (Å²) in [6, 6.07) is 17.2. The van der Waals surface area contributed by atoms with Gasteiger partial charge >= 0.3 is 0 Å². The molecule has 1 nitrogen and oxygen atoms in total. The Labute approximate surface area is 110 Å². The number of aryl methyl sites for hydroxylation is 2. The average molecular weight is 239 g/mol. The Kier molecular flexibility index (Phi) is 4.54. The SMILES string of the molecule is Cc1ccc(C)c(CCNCc2ccccc2)c1. The fourth-order valence-electron chi connectivity index (χ4n) is 2.12. The second kappa shape index (κ2) is 6.36. The van der Waals surface area contributed by atoms with Crippen molar-refractivity contribution in [2.75, 3.05) is 6.54 Å². The van der Waals surface area contributed by atoms with Crippen molar-refractivity contribution in [3.05, 3.63) is 70.8 Å². The lowest BCUT2D eigenvalue weighted by Gasteiger charge is -2.08. The first-order chi connectivity index (χ1) is 8.75. The molecule has 2 aromatic rings. The molecule has 0 heterocycles. The Hall–Kier alpha value is -1.60. The average Bonchev–Trinajstić information content (AvgIpc) is 2.40. The van der Waals surface area contributed by atoms with Gasteiger partial charge in [0.05, 0.1) is 0 Å². The van der Waals surface area contributed by atoms with E-state index in [2.05, 4.69) is 67.7 Å². The Morgan fingerprint density at radius 3 is 2.50 bits per heavy atom. The molecular formula is C17H21N. The summed E-state index contributed by atoms with van der Waals surface area (Å²) in [5, 5.41) is 3.50. The molecule has 0 saturated carbocycles. The van der Waals surface area contributed by atoms with Gasteiger partial charge in [0.1, 0.15) is 0 Å². The predicted octanol–water partition coefficient (Wildman–Crippen LogP) is 3.64. The summed E-state index contributed by atoms with van der Waals surface area (Å²) < 4.78 is 0. The van der Waals surface area contributed by atoms with Crippen LogP contribution in [0.4, 0.5) is 0 Å². The normalized spacial score (nSPS) is 10.6. The van der Waals surface area contributed by atoms with Gasteiger partial charge in [0.15, 0.2) is 0 Å². The second-order valence-corrected chi connectivity index (χ2v) is 4.84. The van der Waals surface area contributed by atoms with Crippen LogP contribution in [-0.2, 0) is 13.0 Å². The van der Waals surface area contributed by atoms with E-state index in [1.54, 1.807) is 0 Å². The minimum absolute atomic E-state index is 0.950. The quantitative estimate of drug-likeness (QED) is 0.786. The van der Waals surface area contributed by atoms with Gasteiger partial charge in [-0.1, -0.05) is 54.1 Å². The van der Waals surface area contributed by atoms with Crippen molar-refractivity contribution in [2.45, 2.75) is 26.8 Å². The van der Waals surface area contributed by atoms with Gasteiger partial charge in [-0.15, -0.1) is 0 Å². The predicted molar refractivity (Wildman–Crippen MR) is 77.8 cm³/mol. The third kappa shape index (κ3) is 3.71.